The van der Waals surface area contributed by atoms with Crippen molar-refractivity contribution in [2.45, 2.75) is 13.5 Å². The summed E-state index contributed by atoms with van der Waals surface area (Å²) in [4.78, 5) is 0. The van der Waals surface area contributed by atoms with Crippen LogP contribution in [0.1, 0.15) is 12.5 Å². The minimum absolute atomic E-state index is 0.0615. The molecule has 0 aliphatic rings. The van der Waals surface area contributed by atoms with Gasteiger partial charge in [0.2, 0.25) is 0 Å². The number of nitrogens with zero attached hydrogens (tertiary/aromatic N) is 1. The molecular weight excluding hydrogens is 218 g/mol. The zero-order valence-corrected chi connectivity index (χ0v) is 8.69. The third kappa shape index (κ3) is 3.08. The van der Waals surface area contributed by atoms with Gasteiger partial charge >= 0.3 is 6.61 Å². The Morgan fingerprint density at radius 1 is 1.50 bits per heavy atom. The molecule has 16 heavy (non-hydrogen) atoms. The van der Waals surface area contributed by atoms with Crippen molar-refractivity contribution in [1.82, 2.24) is 0 Å². The van der Waals surface area contributed by atoms with Gasteiger partial charge in [0.25, 0.3) is 0 Å². The maximum Gasteiger partial charge on any atom is 0.387 e. The first kappa shape index (κ1) is 12.2. The standard InChI is InChI=1S/C10H12F2N2O2/c1-2-15-8-5-3-4-7(6-14-13)9(8)16-10(11)12/h3-6,10H,2,13H2,1H3/b14-6-. The van der Waals surface area contributed by atoms with E-state index in [1.807, 2.05) is 0 Å². The summed E-state index contributed by atoms with van der Waals surface area (Å²) in [5.74, 6) is 5.14. The van der Waals surface area contributed by atoms with Crippen LogP contribution in [0.3, 0.4) is 0 Å². The Kier molecular flexibility index (Phi) is 4.50. The zero-order valence-electron chi connectivity index (χ0n) is 8.69. The van der Waals surface area contributed by atoms with Crippen molar-refractivity contribution in [2.24, 2.45) is 10.9 Å². The lowest BCUT2D eigenvalue weighted by atomic mass is 10.2. The van der Waals surface area contributed by atoms with Crippen molar-refractivity contribution in [2.75, 3.05) is 6.61 Å². The molecule has 0 saturated carbocycles. The van der Waals surface area contributed by atoms with Crippen LogP contribution in [0.2, 0.25) is 0 Å². The van der Waals surface area contributed by atoms with Gasteiger partial charge in [-0.05, 0) is 19.1 Å². The normalized spacial score (nSPS) is 11.0. The Morgan fingerprint density at radius 2 is 2.25 bits per heavy atom. The smallest absolute Gasteiger partial charge is 0.387 e. The van der Waals surface area contributed by atoms with E-state index >= 15 is 0 Å². The molecular formula is C10H12F2N2O2. The van der Waals surface area contributed by atoms with Crippen LogP contribution in [0.4, 0.5) is 8.78 Å². The van der Waals surface area contributed by atoms with Gasteiger partial charge in [0.05, 0.1) is 12.8 Å². The van der Waals surface area contributed by atoms with Crippen LogP contribution in [-0.4, -0.2) is 19.4 Å². The van der Waals surface area contributed by atoms with Gasteiger partial charge in [-0.2, -0.15) is 13.9 Å². The fraction of sp³-hybridized carbons (Fsp3) is 0.300. The largest absolute Gasteiger partial charge is 0.490 e. The highest BCUT2D eigenvalue weighted by atomic mass is 19.3. The molecule has 1 rings (SSSR count). The van der Waals surface area contributed by atoms with Gasteiger partial charge in [-0.15, -0.1) is 0 Å². The molecule has 0 aliphatic heterocycles. The number of hydrazone groups is 1. The Morgan fingerprint density at radius 3 is 2.81 bits per heavy atom. The highest BCUT2D eigenvalue weighted by Gasteiger charge is 2.14. The van der Waals surface area contributed by atoms with Gasteiger partial charge in [0, 0.05) is 5.56 Å². The second kappa shape index (κ2) is 5.89. The Balaban J connectivity index is 3.11. The second-order valence-electron chi connectivity index (χ2n) is 2.76. The van der Waals surface area contributed by atoms with E-state index in [1.165, 1.54) is 12.3 Å². The molecule has 0 heterocycles. The summed E-state index contributed by atoms with van der Waals surface area (Å²) in [6, 6.07) is 4.73. The zero-order chi connectivity index (χ0) is 12.0. The van der Waals surface area contributed by atoms with E-state index in [0.717, 1.165) is 0 Å². The van der Waals surface area contributed by atoms with Crippen molar-refractivity contribution < 1.29 is 18.3 Å². The Labute approximate surface area is 91.7 Å². The fourth-order valence-electron chi connectivity index (χ4n) is 1.20. The molecule has 0 atom stereocenters. The molecule has 2 N–H and O–H groups in total. The van der Waals surface area contributed by atoms with Gasteiger partial charge in [-0.3, -0.25) is 0 Å². The quantitative estimate of drug-likeness (QED) is 0.478. The highest BCUT2D eigenvalue weighted by molar-refractivity contribution is 5.84. The number of ether oxygens (including phenoxy) is 2. The van der Waals surface area contributed by atoms with E-state index in [4.69, 9.17) is 10.6 Å². The molecule has 88 valence electrons. The number of hydrogen-bond donors (Lipinski definition) is 1. The average Bonchev–Trinajstić information content (AvgIpc) is 2.23. The Hall–Kier alpha value is -1.85. The first-order valence-electron chi connectivity index (χ1n) is 4.63. The summed E-state index contributed by atoms with van der Waals surface area (Å²) in [7, 11) is 0. The minimum Gasteiger partial charge on any atom is -0.490 e. The SMILES string of the molecule is CCOc1cccc(/C=N\N)c1OC(F)F. The van der Waals surface area contributed by atoms with E-state index in [1.54, 1.807) is 19.1 Å². The van der Waals surface area contributed by atoms with Crippen molar-refractivity contribution in [3.63, 3.8) is 0 Å². The molecule has 0 amide bonds. The summed E-state index contributed by atoms with van der Waals surface area (Å²) < 4.78 is 34.0. The first-order chi connectivity index (χ1) is 7.69. The second-order valence-corrected chi connectivity index (χ2v) is 2.76. The predicted molar refractivity (Wildman–Crippen MR) is 56.0 cm³/mol. The van der Waals surface area contributed by atoms with Crippen LogP contribution in [0, 0.1) is 0 Å². The topological polar surface area (TPSA) is 56.8 Å². The molecule has 1 aromatic rings. The third-order valence-corrected chi connectivity index (χ3v) is 1.73. The monoisotopic (exact) mass is 230 g/mol. The lowest BCUT2D eigenvalue weighted by Crippen LogP contribution is -2.07. The summed E-state index contributed by atoms with van der Waals surface area (Å²) >= 11 is 0. The first-order valence-corrected chi connectivity index (χ1v) is 4.63. The van der Waals surface area contributed by atoms with Gasteiger partial charge in [0.15, 0.2) is 11.5 Å². The van der Waals surface area contributed by atoms with Crippen LogP contribution in [-0.2, 0) is 0 Å². The molecule has 0 unspecified atom stereocenters. The Bertz CT molecular complexity index is 370. The van der Waals surface area contributed by atoms with Crippen LogP contribution >= 0.6 is 0 Å². The summed E-state index contributed by atoms with van der Waals surface area (Å²) in [6.45, 7) is -0.829. The number of hydrogen-bond acceptors (Lipinski definition) is 4. The van der Waals surface area contributed by atoms with Crippen LogP contribution in [0.15, 0.2) is 23.3 Å². The minimum atomic E-state index is -2.92. The number of para-hydroxylation sites is 1. The van der Waals surface area contributed by atoms with Crippen molar-refractivity contribution in [3.05, 3.63) is 23.8 Å². The maximum atomic E-state index is 12.2. The van der Waals surface area contributed by atoms with Crippen molar-refractivity contribution >= 4 is 6.21 Å². The fourth-order valence-corrected chi connectivity index (χ4v) is 1.20. The van der Waals surface area contributed by atoms with Gasteiger partial charge < -0.3 is 15.3 Å². The van der Waals surface area contributed by atoms with Crippen molar-refractivity contribution in [1.29, 1.82) is 0 Å². The third-order valence-electron chi connectivity index (χ3n) is 1.73. The van der Waals surface area contributed by atoms with E-state index in [9.17, 15) is 8.78 Å². The van der Waals surface area contributed by atoms with E-state index in [0.29, 0.717) is 12.2 Å². The molecule has 4 nitrogen and oxygen atoms in total. The molecule has 0 spiro atoms. The van der Waals surface area contributed by atoms with E-state index in [-0.39, 0.29) is 11.5 Å². The van der Waals surface area contributed by atoms with Crippen molar-refractivity contribution in [3.8, 4) is 11.5 Å². The molecule has 0 saturated heterocycles. The molecule has 0 aromatic heterocycles. The van der Waals surface area contributed by atoms with Gasteiger partial charge in [-0.1, -0.05) is 6.07 Å². The molecule has 0 fully saturated rings. The number of halogens is 2. The predicted octanol–water partition coefficient (Wildman–Crippen LogP) is 1.98. The number of nitrogens with two attached hydrogens (primary N) is 1. The summed E-state index contributed by atoms with van der Waals surface area (Å²) in [5, 5.41) is 3.27. The molecule has 0 bridgehead atoms. The van der Waals surface area contributed by atoms with Crippen LogP contribution in [0.25, 0.3) is 0 Å². The number of rotatable bonds is 5. The number of benzene rings is 1. The molecule has 0 aliphatic carbocycles. The summed E-state index contributed by atoms with van der Waals surface area (Å²) in [5.41, 5.74) is 0.341. The average molecular weight is 230 g/mol. The lowest BCUT2D eigenvalue weighted by molar-refractivity contribution is -0.0515. The lowest BCUT2D eigenvalue weighted by Gasteiger charge is -2.12. The number of alkyl halides is 2. The summed E-state index contributed by atoms with van der Waals surface area (Å²) in [6.07, 6.45) is 1.22. The maximum absolute atomic E-state index is 12.2. The van der Waals surface area contributed by atoms with Gasteiger partial charge in [-0.25, -0.2) is 0 Å². The van der Waals surface area contributed by atoms with Crippen LogP contribution < -0.4 is 15.3 Å². The van der Waals surface area contributed by atoms with E-state index in [2.05, 4.69) is 9.84 Å². The molecule has 0 radical (unpaired) electrons. The van der Waals surface area contributed by atoms with Crippen LogP contribution in [0.5, 0.6) is 11.5 Å². The van der Waals surface area contributed by atoms with Gasteiger partial charge in [0.1, 0.15) is 0 Å². The molecule has 1 aromatic carbocycles. The molecule has 6 heteroatoms. The highest BCUT2D eigenvalue weighted by Crippen LogP contribution is 2.31. The van der Waals surface area contributed by atoms with E-state index < -0.39 is 6.61 Å².